The number of fused-ring (bicyclic) bond motifs is 1. The van der Waals surface area contributed by atoms with Gasteiger partial charge in [-0.05, 0) is 86.7 Å². The summed E-state index contributed by atoms with van der Waals surface area (Å²) in [6.45, 7) is 11.9. The molecule has 3 rings (SSSR count). The molecule has 3 N–H and O–H groups in total. The van der Waals surface area contributed by atoms with E-state index in [0.29, 0.717) is 17.8 Å². The summed E-state index contributed by atoms with van der Waals surface area (Å²) in [7, 11) is 0. The number of allylic oxidation sites excluding steroid dienone is 3. The van der Waals surface area contributed by atoms with Crippen molar-refractivity contribution in [2.24, 2.45) is 23.2 Å². The van der Waals surface area contributed by atoms with E-state index < -0.39 is 29.9 Å². The van der Waals surface area contributed by atoms with Crippen LogP contribution >= 0.6 is 0 Å². The molecule has 0 heterocycles. The highest BCUT2D eigenvalue weighted by Gasteiger charge is 2.63. The zero-order valence-electron chi connectivity index (χ0n) is 20.5. The molecule has 3 aliphatic carbocycles. The van der Waals surface area contributed by atoms with Crippen LogP contribution in [0.25, 0.3) is 0 Å². The van der Waals surface area contributed by atoms with Crippen molar-refractivity contribution in [2.45, 2.75) is 109 Å². The van der Waals surface area contributed by atoms with Crippen molar-refractivity contribution >= 4 is 0 Å². The Labute approximate surface area is 196 Å². The van der Waals surface area contributed by atoms with Gasteiger partial charge in [0.1, 0.15) is 6.10 Å². The highest BCUT2D eigenvalue weighted by atomic mass is 19.3. The largest absolute Gasteiger partial charge is 0.390 e. The third-order valence-electron chi connectivity index (χ3n) is 8.69. The number of aliphatic hydroxyl groups is 3. The molecule has 0 saturated heterocycles. The molecule has 0 aromatic carbocycles. The summed E-state index contributed by atoms with van der Waals surface area (Å²) in [5.41, 5.74) is 0.663. The molecule has 3 saturated carbocycles. The van der Waals surface area contributed by atoms with E-state index in [1.807, 2.05) is 19.9 Å². The molecule has 1 unspecified atom stereocenters. The van der Waals surface area contributed by atoms with Crippen LogP contribution in [0.3, 0.4) is 0 Å². The van der Waals surface area contributed by atoms with Gasteiger partial charge in [-0.1, -0.05) is 51.0 Å². The number of hydrogen-bond donors (Lipinski definition) is 3. The topological polar surface area (TPSA) is 60.7 Å². The fourth-order valence-electron chi connectivity index (χ4n) is 6.73. The molecule has 3 aliphatic rings. The fourth-order valence-corrected chi connectivity index (χ4v) is 6.73. The monoisotopic (exact) mass is 470 g/mol. The molecule has 33 heavy (non-hydrogen) atoms. The Morgan fingerprint density at radius 3 is 2.52 bits per heavy atom. The van der Waals surface area contributed by atoms with Gasteiger partial charge in [-0.3, -0.25) is 0 Å². The maximum absolute atomic E-state index is 14.2. The first kappa shape index (κ1) is 26.5. The summed E-state index contributed by atoms with van der Waals surface area (Å²) in [6.07, 6.45) is 8.33. The minimum atomic E-state index is -4.28. The van der Waals surface area contributed by atoms with Gasteiger partial charge in [-0.25, -0.2) is 4.39 Å². The van der Waals surface area contributed by atoms with Gasteiger partial charge in [0.25, 0.3) is 5.85 Å². The van der Waals surface area contributed by atoms with E-state index in [-0.39, 0.29) is 16.6 Å². The second kappa shape index (κ2) is 9.16. The lowest BCUT2D eigenvalue weighted by Gasteiger charge is -2.44. The van der Waals surface area contributed by atoms with E-state index in [9.17, 15) is 28.5 Å². The van der Waals surface area contributed by atoms with E-state index in [0.717, 1.165) is 51.4 Å². The van der Waals surface area contributed by atoms with Gasteiger partial charge in [0.15, 0.2) is 0 Å². The maximum atomic E-state index is 14.2. The molecular weight excluding hydrogens is 429 g/mol. The molecule has 188 valence electrons. The third kappa shape index (κ3) is 5.13. The Morgan fingerprint density at radius 2 is 1.88 bits per heavy atom. The highest BCUT2D eigenvalue weighted by Crippen LogP contribution is 2.60. The van der Waals surface area contributed by atoms with Crippen LogP contribution in [0.15, 0.2) is 35.5 Å². The summed E-state index contributed by atoms with van der Waals surface area (Å²) in [4.78, 5) is 0. The molecule has 3 fully saturated rings. The van der Waals surface area contributed by atoms with Crippen LogP contribution in [-0.4, -0.2) is 38.8 Å². The molecule has 6 atom stereocenters. The average molecular weight is 471 g/mol. The zero-order valence-corrected chi connectivity index (χ0v) is 20.5. The molecule has 3 nitrogen and oxygen atoms in total. The van der Waals surface area contributed by atoms with Gasteiger partial charge in [0.2, 0.25) is 0 Å². The normalized spacial score (nSPS) is 40.3. The Balaban J connectivity index is 1.75. The summed E-state index contributed by atoms with van der Waals surface area (Å²) in [6, 6.07) is 0. The molecule has 0 aliphatic heterocycles. The molecule has 0 aromatic heterocycles. The second-order valence-electron chi connectivity index (χ2n) is 11.7. The number of halogens is 3. The van der Waals surface area contributed by atoms with Gasteiger partial charge in [-0.2, -0.15) is 8.78 Å². The van der Waals surface area contributed by atoms with Crippen molar-refractivity contribution in [3.05, 3.63) is 35.5 Å². The molecule has 0 aromatic rings. The van der Waals surface area contributed by atoms with Crippen molar-refractivity contribution < 1.29 is 28.5 Å². The van der Waals surface area contributed by atoms with Crippen LogP contribution in [0.5, 0.6) is 0 Å². The van der Waals surface area contributed by atoms with Gasteiger partial charge < -0.3 is 15.3 Å². The first-order valence-corrected chi connectivity index (χ1v) is 12.4. The predicted octanol–water partition coefficient (Wildman–Crippen LogP) is 6.25. The van der Waals surface area contributed by atoms with Gasteiger partial charge in [-0.15, -0.1) is 0 Å². The Morgan fingerprint density at radius 1 is 1.21 bits per heavy atom. The minimum absolute atomic E-state index is 0.132. The number of rotatable bonds is 6. The minimum Gasteiger partial charge on any atom is -0.390 e. The lowest BCUT2D eigenvalue weighted by molar-refractivity contribution is -0.286. The van der Waals surface area contributed by atoms with Crippen molar-refractivity contribution in [1.82, 2.24) is 0 Å². The molecule has 0 amide bonds. The SMILES string of the molecule is C=C1C(=CC=C2CCC[C@@]3(C)C2CC[C@@H]3[C@H](C)CCCC(C)(C)O)C[C@](O)(F)C(F)(F)[C@@H]1O. The van der Waals surface area contributed by atoms with E-state index in [1.54, 1.807) is 6.08 Å². The van der Waals surface area contributed by atoms with Gasteiger partial charge >= 0.3 is 5.92 Å². The number of hydrogen-bond acceptors (Lipinski definition) is 3. The number of alkyl halides is 3. The van der Waals surface area contributed by atoms with Crippen LogP contribution in [0.4, 0.5) is 13.2 Å². The van der Waals surface area contributed by atoms with Crippen LogP contribution in [-0.2, 0) is 0 Å². The van der Waals surface area contributed by atoms with Gasteiger partial charge in [0, 0.05) is 6.42 Å². The summed E-state index contributed by atoms with van der Waals surface area (Å²) < 4.78 is 42.0. The Hall–Kier alpha value is -1.11. The fraction of sp³-hybridized carbons (Fsp3) is 0.778. The standard InChI is InChI=1S/C27H41F3O3/c1-17(8-6-14-24(3,4)32)21-12-13-22-19(9-7-15-25(21,22)5)10-11-20-16-26(28,33)27(29,30)23(31)18(20)2/h10-11,17,21-23,31-33H,2,6-9,12-16H2,1,3-5H3/t17-,21-,22?,23-,25-,26-/m1/s1. The molecule has 0 spiro atoms. The smallest absolute Gasteiger partial charge is 0.334 e. The summed E-state index contributed by atoms with van der Waals surface area (Å²) in [5.74, 6) is -6.55. The van der Waals surface area contributed by atoms with Gasteiger partial charge in [0.05, 0.1) is 5.60 Å². The average Bonchev–Trinajstić information content (AvgIpc) is 3.05. The molecule has 0 bridgehead atoms. The van der Waals surface area contributed by atoms with E-state index >= 15 is 0 Å². The number of aliphatic hydroxyl groups excluding tert-OH is 1. The molecule has 0 radical (unpaired) electrons. The van der Waals surface area contributed by atoms with Crippen LogP contribution in [0.1, 0.15) is 85.5 Å². The Bertz CT molecular complexity index is 808. The lowest BCUT2D eigenvalue weighted by atomic mass is 9.60. The van der Waals surface area contributed by atoms with Crippen molar-refractivity contribution in [3.8, 4) is 0 Å². The van der Waals surface area contributed by atoms with Crippen molar-refractivity contribution in [3.63, 3.8) is 0 Å². The summed E-state index contributed by atoms with van der Waals surface area (Å²) in [5, 5.41) is 29.5. The van der Waals surface area contributed by atoms with Crippen LogP contribution < -0.4 is 0 Å². The highest BCUT2D eigenvalue weighted by molar-refractivity contribution is 5.42. The van der Waals surface area contributed by atoms with Crippen LogP contribution in [0, 0.1) is 23.2 Å². The van der Waals surface area contributed by atoms with E-state index in [2.05, 4.69) is 20.4 Å². The first-order chi connectivity index (χ1) is 15.1. The predicted molar refractivity (Wildman–Crippen MR) is 124 cm³/mol. The zero-order chi connectivity index (χ0) is 24.8. The Kier molecular flexibility index (Phi) is 7.35. The van der Waals surface area contributed by atoms with Crippen LogP contribution in [0.2, 0.25) is 0 Å². The molecular formula is C27H41F3O3. The summed E-state index contributed by atoms with van der Waals surface area (Å²) >= 11 is 0. The van der Waals surface area contributed by atoms with Crippen molar-refractivity contribution in [2.75, 3.05) is 0 Å². The lowest BCUT2D eigenvalue weighted by Crippen LogP contribution is -2.56. The third-order valence-corrected chi connectivity index (χ3v) is 8.69. The maximum Gasteiger partial charge on any atom is 0.334 e. The van der Waals surface area contributed by atoms with E-state index in [1.165, 1.54) is 5.57 Å². The second-order valence-corrected chi connectivity index (χ2v) is 11.7. The quantitative estimate of drug-likeness (QED) is 0.430. The molecule has 6 heteroatoms. The first-order valence-electron chi connectivity index (χ1n) is 12.4. The van der Waals surface area contributed by atoms with Crippen molar-refractivity contribution in [1.29, 1.82) is 0 Å². The van der Waals surface area contributed by atoms with E-state index in [4.69, 9.17) is 0 Å².